The standard InChI is InChI=1S/C21H22FN3O2/c1-27-16-6-4-5-14(11-16)20(26)13-25-10-3-2-7-19(25)21-23-17-9-8-15(22)12-18(17)24-21/h4-6,8-9,11-12,19H,2-3,7,10,13H2,1H3,(H,23,24). The number of fused-ring (bicyclic) bond motifs is 1. The van der Waals surface area contributed by atoms with Gasteiger partial charge in [-0.2, -0.15) is 0 Å². The Kier molecular flexibility index (Phi) is 4.90. The van der Waals surface area contributed by atoms with E-state index in [1.807, 2.05) is 18.2 Å². The first-order valence-corrected chi connectivity index (χ1v) is 9.20. The third-order valence-electron chi connectivity index (χ3n) is 5.13. The molecule has 5 nitrogen and oxygen atoms in total. The van der Waals surface area contributed by atoms with Crippen LogP contribution in [0.25, 0.3) is 11.0 Å². The van der Waals surface area contributed by atoms with E-state index in [2.05, 4.69) is 14.9 Å². The van der Waals surface area contributed by atoms with Gasteiger partial charge in [-0.25, -0.2) is 9.37 Å². The summed E-state index contributed by atoms with van der Waals surface area (Å²) in [6.45, 7) is 1.16. The predicted octanol–water partition coefficient (Wildman–Crippen LogP) is 4.12. The largest absolute Gasteiger partial charge is 0.497 e. The van der Waals surface area contributed by atoms with Crippen LogP contribution in [0.15, 0.2) is 42.5 Å². The molecule has 27 heavy (non-hydrogen) atoms. The maximum absolute atomic E-state index is 13.5. The lowest BCUT2D eigenvalue weighted by Gasteiger charge is -2.33. The second-order valence-electron chi connectivity index (χ2n) is 6.92. The summed E-state index contributed by atoms with van der Waals surface area (Å²) < 4.78 is 18.7. The smallest absolute Gasteiger partial charge is 0.176 e. The number of hydrogen-bond donors (Lipinski definition) is 1. The third-order valence-corrected chi connectivity index (χ3v) is 5.13. The van der Waals surface area contributed by atoms with Crippen molar-refractivity contribution in [2.24, 2.45) is 0 Å². The number of hydrogen-bond acceptors (Lipinski definition) is 4. The van der Waals surface area contributed by atoms with Crippen LogP contribution in [0.5, 0.6) is 5.75 Å². The number of nitrogens with one attached hydrogen (secondary N) is 1. The minimum atomic E-state index is -0.286. The molecule has 1 aliphatic heterocycles. The zero-order valence-electron chi connectivity index (χ0n) is 15.2. The Morgan fingerprint density at radius 3 is 3.04 bits per heavy atom. The van der Waals surface area contributed by atoms with Gasteiger partial charge in [0.25, 0.3) is 0 Å². The summed E-state index contributed by atoms with van der Waals surface area (Å²) in [5, 5.41) is 0. The van der Waals surface area contributed by atoms with Gasteiger partial charge in [-0.1, -0.05) is 18.6 Å². The van der Waals surface area contributed by atoms with Gasteiger partial charge in [0.15, 0.2) is 5.78 Å². The highest BCUT2D eigenvalue weighted by Gasteiger charge is 2.28. The average molecular weight is 367 g/mol. The monoisotopic (exact) mass is 367 g/mol. The maximum Gasteiger partial charge on any atom is 0.176 e. The fraction of sp³-hybridized carbons (Fsp3) is 0.333. The van der Waals surface area contributed by atoms with Gasteiger partial charge < -0.3 is 9.72 Å². The number of ether oxygens (including phenoxy) is 1. The molecule has 1 N–H and O–H groups in total. The molecule has 0 spiro atoms. The number of benzene rings is 2. The van der Waals surface area contributed by atoms with Crippen LogP contribution in [0.4, 0.5) is 4.39 Å². The van der Waals surface area contributed by atoms with Crippen molar-refractivity contribution in [3.8, 4) is 5.75 Å². The normalized spacial score (nSPS) is 17.9. The van der Waals surface area contributed by atoms with Crippen molar-refractivity contribution in [1.29, 1.82) is 0 Å². The van der Waals surface area contributed by atoms with Crippen LogP contribution in [0.1, 0.15) is 41.5 Å². The SMILES string of the molecule is COc1cccc(C(=O)CN2CCCCC2c2nc3ccc(F)cc3[nH]2)c1. The lowest BCUT2D eigenvalue weighted by molar-refractivity contribution is 0.0834. The first kappa shape index (κ1) is 17.7. The van der Waals surface area contributed by atoms with E-state index in [-0.39, 0.29) is 17.6 Å². The molecule has 2 heterocycles. The highest BCUT2D eigenvalue weighted by Crippen LogP contribution is 2.31. The molecule has 0 aliphatic carbocycles. The fourth-order valence-corrected chi connectivity index (χ4v) is 3.72. The van der Waals surface area contributed by atoms with E-state index in [4.69, 9.17) is 4.74 Å². The summed E-state index contributed by atoms with van der Waals surface area (Å²) in [7, 11) is 1.59. The molecule has 2 aromatic carbocycles. The molecule has 0 bridgehead atoms. The molecular formula is C21H22FN3O2. The molecule has 1 aromatic heterocycles. The maximum atomic E-state index is 13.5. The summed E-state index contributed by atoms with van der Waals surface area (Å²) in [5.74, 6) is 1.25. The Hall–Kier alpha value is -2.73. The van der Waals surface area contributed by atoms with Gasteiger partial charge in [-0.05, 0) is 49.7 Å². The van der Waals surface area contributed by atoms with Crippen molar-refractivity contribution >= 4 is 16.8 Å². The number of aromatic amines is 1. The number of carbonyl (C=O) groups is 1. The highest BCUT2D eigenvalue weighted by molar-refractivity contribution is 5.98. The number of ketones is 1. The summed E-state index contributed by atoms with van der Waals surface area (Å²) in [4.78, 5) is 22.8. The zero-order valence-corrected chi connectivity index (χ0v) is 15.2. The van der Waals surface area contributed by atoms with Crippen molar-refractivity contribution in [1.82, 2.24) is 14.9 Å². The van der Waals surface area contributed by atoms with Gasteiger partial charge in [0.1, 0.15) is 17.4 Å². The van der Waals surface area contributed by atoms with Crippen LogP contribution >= 0.6 is 0 Å². The van der Waals surface area contributed by atoms with Crippen LogP contribution < -0.4 is 4.74 Å². The molecule has 1 saturated heterocycles. The second-order valence-corrected chi connectivity index (χ2v) is 6.92. The second kappa shape index (κ2) is 7.48. The number of nitrogens with zero attached hydrogens (tertiary/aromatic N) is 2. The number of piperidine rings is 1. The fourth-order valence-electron chi connectivity index (χ4n) is 3.72. The van der Waals surface area contributed by atoms with E-state index in [1.54, 1.807) is 19.2 Å². The van der Waals surface area contributed by atoms with E-state index in [0.29, 0.717) is 23.4 Å². The summed E-state index contributed by atoms with van der Waals surface area (Å²) >= 11 is 0. The number of aromatic nitrogens is 2. The number of carbonyl (C=O) groups excluding carboxylic acids is 1. The minimum Gasteiger partial charge on any atom is -0.497 e. The van der Waals surface area contributed by atoms with Gasteiger partial charge >= 0.3 is 0 Å². The molecule has 1 aliphatic rings. The van der Waals surface area contributed by atoms with Crippen LogP contribution in [-0.2, 0) is 0 Å². The van der Waals surface area contributed by atoms with Crippen LogP contribution in [0.2, 0.25) is 0 Å². The summed E-state index contributed by atoms with van der Waals surface area (Å²) in [5.41, 5.74) is 2.08. The van der Waals surface area contributed by atoms with E-state index < -0.39 is 0 Å². The Labute approximate surface area is 157 Å². The van der Waals surface area contributed by atoms with Gasteiger partial charge in [-0.3, -0.25) is 9.69 Å². The number of halogens is 1. The van der Waals surface area contributed by atoms with Gasteiger partial charge in [0.2, 0.25) is 0 Å². The number of methoxy groups -OCH3 is 1. The van der Waals surface area contributed by atoms with Gasteiger partial charge in [0.05, 0.1) is 30.7 Å². The quantitative estimate of drug-likeness (QED) is 0.689. The van der Waals surface area contributed by atoms with Crippen molar-refractivity contribution in [2.75, 3.05) is 20.2 Å². The molecule has 3 aromatic rings. The van der Waals surface area contributed by atoms with Crippen LogP contribution in [0, 0.1) is 5.82 Å². The Morgan fingerprint density at radius 2 is 2.19 bits per heavy atom. The number of likely N-dealkylation sites (tertiary alicyclic amines) is 1. The molecule has 0 radical (unpaired) electrons. The average Bonchev–Trinajstić information content (AvgIpc) is 3.11. The lowest BCUT2D eigenvalue weighted by atomic mass is 10.00. The van der Waals surface area contributed by atoms with E-state index >= 15 is 0 Å². The van der Waals surface area contributed by atoms with Crippen LogP contribution in [0.3, 0.4) is 0 Å². The molecule has 0 amide bonds. The Morgan fingerprint density at radius 1 is 1.30 bits per heavy atom. The summed E-state index contributed by atoms with van der Waals surface area (Å²) in [6, 6.07) is 11.8. The van der Waals surface area contributed by atoms with E-state index in [0.717, 1.165) is 37.1 Å². The minimum absolute atomic E-state index is 0.0313. The number of imidazole rings is 1. The molecule has 1 atom stereocenters. The van der Waals surface area contributed by atoms with E-state index in [1.165, 1.54) is 12.1 Å². The van der Waals surface area contributed by atoms with Crippen molar-refractivity contribution in [2.45, 2.75) is 25.3 Å². The van der Waals surface area contributed by atoms with Crippen molar-refractivity contribution < 1.29 is 13.9 Å². The molecule has 4 rings (SSSR count). The van der Waals surface area contributed by atoms with Gasteiger partial charge in [-0.15, -0.1) is 0 Å². The van der Waals surface area contributed by atoms with Crippen molar-refractivity contribution in [3.05, 3.63) is 59.7 Å². The molecule has 1 fully saturated rings. The van der Waals surface area contributed by atoms with Gasteiger partial charge in [0, 0.05) is 5.56 Å². The first-order chi connectivity index (χ1) is 13.1. The first-order valence-electron chi connectivity index (χ1n) is 9.20. The number of Topliss-reactive ketones (excluding diaryl/α,β-unsaturated/α-hetero) is 1. The molecule has 0 saturated carbocycles. The highest BCUT2D eigenvalue weighted by atomic mass is 19.1. The number of H-pyrrole nitrogens is 1. The molecule has 140 valence electrons. The van der Waals surface area contributed by atoms with E-state index in [9.17, 15) is 9.18 Å². The Bertz CT molecular complexity index is 969. The molecular weight excluding hydrogens is 345 g/mol. The predicted molar refractivity (Wildman–Crippen MR) is 102 cm³/mol. The topological polar surface area (TPSA) is 58.2 Å². The third kappa shape index (κ3) is 3.71. The summed E-state index contributed by atoms with van der Waals surface area (Å²) in [6.07, 6.45) is 3.06. The zero-order chi connectivity index (χ0) is 18.8. The molecule has 1 unspecified atom stereocenters. The molecule has 6 heteroatoms. The number of rotatable bonds is 5. The Balaban J connectivity index is 1.57. The van der Waals surface area contributed by atoms with Crippen molar-refractivity contribution in [3.63, 3.8) is 0 Å². The lowest BCUT2D eigenvalue weighted by Crippen LogP contribution is -2.37. The van der Waals surface area contributed by atoms with Crippen LogP contribution in [-0.4, -0.2) is 40.9 Å².